The minimum Gasteiger partial charge on any atom is -0.327 e. The Kier molecular flexibility index (Phi) is 6.15. The van der Waals surface area contributed by atoms with E-state index in [1.807, 2.05) is 12.1 Å². The number of benzene rings is 1. The minimum atomic E-state index is 0. The predicted molar refractivity (Wildman–Crippen MR) is 88.1 cm³/mol. The van der Waals surface area contributed by atoms with Crippen molar-refractivity contribution in [3.05, 3.63) is 33.3 Å². The topological polar surface area (TPSA) is 29.3 Å². The fourth-order valence-corrected chi connectivity index (χ4v) is 3.24. The van der Waals surface area contributed by atoms with Gasteiger partial charge in [0.25, 0.3) is 0 Å². The summed E-state index contributed by atoms with van der Waals surface area (Å²) >= 11 is 9.70. The maximum atomic E-state index is 6.27. The lowest BCUT2D eigenvalue weighted by Gasteiger charge is -2.42. The van der Waals surface area contributed by atoms with Crippen LogP contribution in [0.1, 0.15) is 25.8 Å². The van der Waals surface area contributed by atoms with Gasteiger partial charge in [-0.2, -0.15) is 0 Å². The number of hydrogen-bond donors (Lipinski definition) is 1. The first kappa shape index (κ1) is 17.3. The third-order valence-electron chi connectivity index (χ3n) is 3.80. The van der Waals surface area contributed by atoms with Crippen LogP contribution in [0.5, 0.6) is 0 Å². The van der Waals surface area contributed by atoms with Gasteiger partial charge in [0.05, 0.1) is 0 Å². The van der Waals surface area contributed by atoms with Crippen LogP contribution < -0.4 is 5.73 Å². The molecule has 0 radical (unpaired) electrons. The van der Waals surface area contributed by atoms with Gasteiger partial charge in [-0.05, 0) is 29.5 Å². The van der Waals surface area contributed by atoms with Gasteiger partial charge in [0, 0.05) is 35.2 Å². The van der Waals surface area contributed by atoms with E-state index in [0.29, 0.717) is 6.04 Å². The second-order valence-corrected chi connectivity index (χ2v) is 7.15. The zero-order chi connectivity index (χ0) is 13.3. The van der Waals surface area contributed by atoms with Gasteiger partial charge in [-0.15, -0.1) is 12.4 Å². The van der Waals surface area contributed by atoms with Crippen LogP contribution in [0.3, 0.4) is 0 Å². The summed E-state index contributed by atoms with van der Waals surface area (Å²) in [6, 6.07) is 6.39. The van der Waals surface area contributed by atoms with Gasteiger partial charge in [0.2, 0.25) is 0 Å². The summed E-state index contributed by atoms with van der Waals surface area (Å²) in [5.41, 5.74) is 7.53. The molecular weight excluding hydrogens is 347 g/mol. The molecule has 1 unspecified atom stereocenters. The molecule has 5 heteroatoms. The summed E-state index contributed by atoms with van der Waals surface area (Å²) < 4.78 is 1.03. The van der Waals surface area contributed by atoms with Crippen LogP contribution >= 0.6 is 39.9 Å². The molecule has 0 spiro atoms. The molecule has 0 aromatic heterocycles. The molecule has 1 aliphatic heterocycles. The highest BCUT2D eigenvalue weighted by Crippen LogP contribution is 2.30. The Hall–Kier alpha value is 0.200. The lowest BCUT2D eigenvalue weighted by molar-refractivity contribution is 0.0899. The van der Waals surface area contributed by atoms with E-state index >= 15 is 0 Å². The molecule has 0 saturated carbocycles. The van der Waals surface area contributed by atoms with Crippen LogP contribution in [-0.4, -0.2) is 24.0 Å². The van der Waals surface area contributed by atoms with Crippen LogP contribution in [0.2, 0.25) is 5.02 Å². The molecule has 1 heterocycles. The monoisotopic (exact) mass is 366 g/mol. The van der Waals surface area contributed by atoms with Gasteiger partial charge in [0.15, 0.2) is 0 Å². The molecule has 108 valence electrons. The van der Waals surface area contributed by atoms with Gasteiger partial charge < -0.3 is 5.73 Å². The molecule has 1 saturated heterocycles. The van der Waals surface area contributed by atoms with Crippen molar-refractivity contribution in [3.8, 4) is 0 Å². The molecule has 2 N–H and O–H groups in total. The van der Waals surface area contributed by atoms with Crippen LogP contribution in [0.4, 0.5) is 0 Å². The van der Waals surface area contributed by atoms with Crippen molar-refractivity contribution in [1.82, 2.24) is 4.90 Å². The molecule has 1 atom stereocenters. The Bertz CT molecular complexity index is 437. The summed E-state index contributed by atoms with van der Waals surface area (Å²) in [5, 5.41) is 0.831. The fourth-order valence-electron chi connectivity index (χ4n) is 2.51. The van der Waals surface area contributed by atoms with E-state index in [1.165, 1.54) is 5.56 Å². The SMILES string of the molecule is CC1(C)CN(Cc2ccc(Br)cc2Cl)CCC1N.Cl. The second kappa shape index (κ2) is 6.77. The first-order valence-electron chi connectivity index (χ1n) is 6.30. The molecule has 1 aromatic rings. The molecule has 19 heavy (non-hydrogen) atoms. The molecular formula is C14H21BrCl2N2. The van der Waals surface area contributed by atoms with E-state index in [-0.39, 0.29) is 17.8 Å². The molecule has 1 aliphatic rings. The number of rotatable bonds is 2. The number of halogens is 3. The van der Waals surface area contributed by atoms with E-state index in [4.69, 9.17) is 17.3 Å². The van der Waals surface area contributed by atoms with Crippen molar-refractivity contribution in [2.75, 3.05) is 13.1 Å². The van der Waals surface area contributed by atoms with Crippen molar-refractivity contribution in [1.29, 1.82) is 0 Å². The van der Waals surface area contributed by atoms with Crippen molar-refractivity contribution in [2.45, 2.75) is 32.9 Å². The fraction of sp³-hybridized carbons (Fsp3) is 0.571. The first-order chi connectivity index (χ1) is 8.38. The Labute approximate surface area is 135 Å². The van der Waals surface area contributed by atoms with Gasteiger partial charge >= 0.3 is 0 Å². The third kappa shape index (κ3) is 4.33. The minimum absolute atomic E-state index is 0. The molecule has 0 bridgehead atoms. The molecule has 2 nitrogen and oxygen atoms in total. The molecule has 0 aliphatic carbocycles. The quantitative estimate of drug-likeness (QED) is 0.853. The predicted octanol–water partition coefficient (Wildman–Crippen LogP) is 4.08. The number of hydrogen-bond acceptors (Lipinski definition) is 2. The van der Waals surface area contributed by atoms with E-state index in [9.17, 15) is 0 Å². The Morgan fingerprint density at radius 2 is 2.16 bits per heavy atom. The highest BCUT2D eigenvalue weighted by Gasteiger charge is 2.33. The summed E-state index contributed by atoms with van der Waals surface area (Å²) in [5.74, 6) is 0. The van der Waals surface area contributed by atoms with E-state index in [1.54, 1.807) is 0 Å². The molecule has 1 fully saturated rings. The number of likely N-dealkylation sites (tertiary alicyclic amines) is 1. The third-order valence-corrected chi connectivity index (χ3v) is 4.65. The number of nitrogens with two attached hydrogens (primary N) is 1. The first-order valence-corrected chi connectivity index (χ1v) is 7.47. The maximum absolute atomic E-state index is 6.27. The van der Waals surface area contributed by atoms with E-state index in [2.05, 4.69) is 40.7 Å². The summed E-state index contributed by atoms with van der Waals surface area (Å²) in [7, 11) is 0. The summed E-state index contributed by atoms with van der Waals surface area (Å²) in [4.78, 5) is 2.44. The average Bonchev–Trinajstić information content (AvgIpc) is 2.27. The summed E-state index contributed by atoms with van der Waals surface area (Å²) in [6.45, 7) is 7.47. The molecule has 2 rings (SSSR count). The Morgan fingerprint density at radius 3 is 2.74 bits per heavy atom. The summed E-state index contributed by atoms with van der Waals surface area (Å²) in [6.07, 6.45) is 1.06. The zero-order valence-corrected chi connectivity index (χ0v) is 14.5. The lowest BCUT2D eigenvalue weighted by atomic mass is 9.79. The largest absolute Gasteiger partial charge is 0.327 e. The van der Waals surface area contributed by atoms with Crippen molar-refractivity contribution in [2.24, 2.45) is 11.1 Å². The smallest absolute Gasteiger partial charge is 0.0462 e. The van der Waals surface area contributed by atoms with Crippen molar-refractivity contribution in [3.63, 3.8) is 0 Å². The Morgan fingerprint density at radius 1 is 1.47 bits per heavy atom. The van der Waals surface area contributed by atoms with Gasteiger partial charge in [-0.3, -0.25) is 4.90 Å². The van der Waals surface area contributed by atoms with Crippen LogP contribution in [-0.2, 0) is 6.54 Å². The normalized spacial score (nSPS) is 22.9. The van der Waals surface area contributed by atoms with Gasteiger partial charge in [-0.25, -0.2) is 0 Å². The lowest BCUT2D eigenvalue weighted by Crippen LogP contribution is -2.52. The van der Waals surface area contributed by atoms with Gasteiger partial charge in [-0.1, -0.05) is 47.4 Å². The zero-order valence-electron chi connectivity index (χ0n) is 11.3. The Balaban J connectivity index is 0.00000180. The molecule has 1 aromatic carbocycles. The highest BCUT2D eigenvalue weighted by molar-refractivity contribution is 9.10. The highest BCUT2D eigenvalue weighted by atomic mass is 79.9. The van der Waals surface area contributed by atoms with E-state index in [0.717, 1.165) is 35.6 Å². The maximum Gasteiger partial charge on any atom is 0.0462 e. The van der Waals surface area contributed by atoms with Crippen LogP contribution in [0, 0.1) is 5.41 Å². The second-order valence-electron chi connectivity index (χ2n) is 5.83. The molecule has 0 amide bonds. The standard InChI is InChI=1S/C14H20BrClN2.ClH/c1-14(2)9-18(6-5-13(14)17)8-10-3-4-11(15)7-12(10)16;/h3-4,7,13H,5-6,8-9,17H2,1-2H3;1H. The van der Waals surface area contributed by atoms with Crippen LogP contribution in [0.25, 0.3) is 0 Å². The average molecular weight is 368 g/mol. The van der Waals surface area contributed by atoms with Crippen molar-refractivity contribution < 1.29 is 0 Å². The van der Waals surface area contributed by atoms with E-state index < -0.39 is 0 Å². The number of nitrogens with zero attached hydrogens (tertiary/aromatic N) is 1. The van der Waals surface area contributed by atoms with Crippen molar-refractivity contribution >= 4 is 39.9 Å². The van der Waals surface area contributed by atoms with Gasteiger partial charge in [0.1, 0.15) is 0 Å². The van der Waals surface area contributed by atoms with Crippen LogP contribution in [0.15, 0.2) is 22.7 Å². The number of piperidine rings is 1.